The lowest BCUT2D eigenvalue weighted by atomic mass is 10.2. The van der Waals surface area contributed by atoms with Gasteiger partial charge in [-0.3, -0.25) is 9.36 Å². The lowest BCUT2D eigenvalue weighted by Gasteiger charge is -2.13. The highest BCUT2D eigenvalue weighted by Crippen LogP contribution is 2.20. The second kappa shape index (κ2) is 8.92. The lowest BCUT2D eigenvalue weighted by molar-refractivity contribution is 0.324. The minimum absolute atomic E-state index is 0.0722. The van der Waals surface area contributed by atoms with Crippen molar-refractivity contribution >= 4 is 22.7 Å². The van der Waals surface area contributed by atoms with Crippen LogP contribution in [0.2, 0.25) is 0 Å². The molecular formula is C23H19FN2O2S. The van der Waals surface area contributed by atoms with E-state index in [2.05, 4.69) is 0 Å². The van der Waals surface area contributed by atoms with Crippen LogP contribution in [0.3, 0.4) is 0 Å². The zero-order valence-corrected chi connectivity index (χ0v) is 16.4. The topological polar surface area (TPSA) is 44.1 Å². The van der Waals surface area contributed by atoms with Crippen LogP contribution in [0.25, 0.3) is 10.9 Å². The minimum atomic E-state index is -0.387. The van der Waals surface area contributed by atoms with Crippen molar-refractivity contribution in [1.29, 1.82) is 0 Å². The van der Waals surface area contributed by atoms with E-state index in [-0.39, 0.29) is 17.1 Å². The predicted octanol–water partition coefficient (Wildman–Crippen LogP) is 4.76. The first-order chi connectivity index (χ1) is 14.2. The molecule has 6 heteroatoms. The molecule has 0 N–H and O–H groups in total. The van der Waals surface area contributed by atoms with Gasteiger partial charge in [0.1, 0.15) is 0 Å². The van der Waals surface area contributed by atoms with Gasteiger partial charge in [-0.1, -0.05) is 66.4 Å². The van der Waals surface area contributed by atoms with Gasteiger partial charge in [0.05, 0.1) is 24.1 Å². The van der Waals surface area contributed by atoms with Crippen LogP contribution >= 0.6 is 11.8 Å². The van der Waals surface area contributed by atoms with E-state index in [0.717, 1.165) is 5.56 Å². The number of halogens is 1. The van der Waals surface area contributed by atoms with Crippen molar-refractivity contribution in [3.8, 4) is 5.75 Å². The molecule has 1 heterocycles. The molecule has 146 valence electrons. The Morgan fingerprint density at radius 3 is 2.48 bits per heavy atom. The second-order valence-electron chi connectivity index (χ2n) is 6.42. The molecule has 0 atom stereocenters. The maximum atomic E-state index is 13.7. The van der Waals surface area contributed by atoms with Crippen LogP contribution in [0.5, 0.6) is 5.75 Å². The summed E-state index contributed by atoms with van der Waals surface area (Å²) in [6, 6.07) is 23.5. The molecule has 4 rings (SSSR count). The Labute approximate surface area is 172 Å². The number of rotatable bonds is 7. The molecule has 0 fully saturated rings. The highest BCUT2D eigenvalue weighted by Gasteiger charge is 2.12. The molecule has 29 heavy (non-hydrogen) atoms. The summed E-state index contributed by atoms with van der Waals surface area (Å²) in [6.07, 6.45) is 0. The first-order valence-electron chi connectivity index (χ1n) is 9.26. The summed E-state index contributed by atoms with van der Waals surface area (Å²) in [7, 11) is 0. The van der Waals surface area contributed by atoms with Gasteiger partial charge in [0, 0.05) is 5.75 Å². The van der Waals surface area contributed by atoms with Gasteiger partial charge in [0.25, 0.3) is 5.56 Å². The lowest BCUT2D eigenvalue weighted by Crippen LogP contribution is -2.24. The van der Waals surface area contributed by atoms with Gasteiger partial charge in [-0.25, -0.2) is 9.37 Å². The largest absolute Gasteiger partial charge is 0.490 e. The van der Waals surface area contributed by atoms with Crippen LogP contribution < -0.4 is 10.3 Å². The van der Waals surface area contributed by atoms with Gasteiger partial charge < -0.3 is 4.74 Å². The van der Waals surface area contributed by atoms with Gasteiger partial charge >= 0.3 is 0 Å². The fraction of sp³-hybridized carbons (Fsp3) is 0.130. The summed E-state index contributed by atoms with van der Waals surface area (Å²) >= 11 is 1.42. The first kappa shape index (κ1) is 19.2. The summed E-state index contributed by atoms with van der Waals surface area (Å²) in [5, 5.41) is 1.21. The zero-order valence-electron chi connectivity index (χ0n) is 15.6. The molecule has 3 aromatic carbocycles. The molecule has 0 spiro atoms. The Bertz CT molecular complexity index is 1180. The van der Waals surface area contributed by atoms with Crippen LogP contribution in [0.1, 0.15) is 5.56 Å². The maximum absolute atomic E-state index is 13.7. The molecule has 4 aromatic rings. The monoisotopic (exact) mass is 406 g/mol. The molecule has 0 saturated carbocycles. The molecule has 0 saturated heterocycles. The fourth-order valence-corrected chi connectivity index (χ4v) is 3.83. The molecule has 0 amide bonds. The number of fused-ring (bicyclic) bond motifs is 1. The summed E-state index contributed by atoms with van der Waals surface area (Å²) in [6.45, 7) is 0.744. The number of ether oxygens (including phenoxy) is 1. The third-order valence-electron chi connectivity index (χ3n) is 4.42. The van der Waals surface area contributed by atoms with Crippen molar-refractivity contribution < 1.29 is 9.13 Å². The average Bonchev–Trinajstić information content (AvgIpc) is 2.75. The summed E-state index contributed by atoms with van der Waals surface area (Å²) in [4.78, 5) is 17.8. The van der Waals surface area contributed by atoms with E-state index in [4.69, 9.17) is 9.72 Å². The van der Waals surface area contributed by atoms with Crippen molar-refractivity contribution in [3.63, 3.8) is 0 Å². The number of hydrogen-bond donors (Lipinski definition) is 0. The summed E-state index contributed by atoms with van der Waals surface area (Å²) in [5.74, 6) is 0.372. The van der Waals surface area contributed by atoms with E-state index in [1.165, 1.54) is 17.8 Å². The van der Waals surface area contributed by atoms with E-state index in [9.17, 15) is 9.18 Å². The molecule has 0 aliphatic heterocycles. The number of hydrogen-bond acceptors (Lipinski definition) is 4. The third-order valence-corrected chi connectivity index (χ3v) is 5.36. The summed E-state index contributed by atoms with van der Waals surface area (Å²) in [5.41, 5.74) is 1.62. The second-order valence-corrected chi connectivity index (χ2v) is 7.48. The minimum Gasteiger partial charge on any atom is -0.490 e. The first-order valence-corrected chi connectivity index (χ1v) is 10.2. The molecule has 0 radical (unpaired) electrons. The number of para-hydroxylation sites is 2. The number of thioether (sulfide) groups is 1. The van der Waals surface area contributed by atoms with E-state index in [1.54, 1.807) is 28.8 Å². The van der Waals surface area contributed by atoms with Crippen LogP contribution in [0.15, 0.2) is 88.8 Å². The van der Waals surface area contributed by atoms with E-state index >= 15 is 0 Å². The standard InChI is InChI=1S/C23H19FN2O2S/c24-19-11-5-7-13-21(19)28-14-15-29-23-25-20-12-6-4-10-18(20)22(27)26(23)16-17-8-2-1-3-9-17/h1-13H,14-16H2. The Hall–Kier alpha value is -3.12. The quantitative estimate of drug-likeness (QED) is 0.252. The van der Waals surface area contributed by atoms with Gasteiger partial charge in [-0.15, -0.1) is 0 Å². The Balaban J connectivity index is 1.57. The number of nitrogens with zero attached hydrogens (tertiary/aromatic N) is 2. The van der Waals surface area contributed by atoms with Crippen molar-refractivity contribution in [2.45, 2.75) is 11.7 Å². The van der Waals surface area contributed by atoms with E-state index in [0.29, 0.717) is 35.0 Å². The normalized spacial score (nSPS) is 10.9. The van der Waals surface area contributed by atoms with Gasteiger partial charge in [0.2, 0.25) is 0 Å². The van der Waals surface area contributed by atoms with Crippen molar-refractivity contribution in [2.24, 2.45) is 0 Å². The third kappa shape index (κ3) is 4.49. The Morgan fingerprint density at radius 1 is 0.931 bits per heavy atom. The van der Waals surface area contributed by atoms with Crippen molar-refractivity contribution in [3.05, 3.63) is 101 Å². The van der Waals surface area contributed by atoms with E-state index in [1.807, 2.05) is 48.5 Å². The van der Waals surface area contributed by atoms with Crippen LogP contribution in [-0.2, 0) is 6.54 Å². The smallest absolute Gasteiger partial charge is 0.262 e. The molecule has 0 bridgehead atoms. The van der Waals surface area contributed by atoms with E-state index < -0.39 is 0 Å². The Morgan fingerprint density at radius 2 is 1.66 bits per heavy atom. The summed E-state index contributed by atoms with van der Waals surface area (Å²) < 4.78 is 20.9. The van der Waals surface area contributed by atoms with Gasteiger partial charge in [0.15, 0.2) is 16.7 Å². The van der Waals surface area contributed by atoms with Crippen molar-refractivity contribution in [1.82, 2.24) is 9.55 Å². The van der Waals surface area contributed by atoms with Crippen LogP contribution in [-0.4, -0.2) is 21.9 Å². The predicted molar refractivity (Wildman–Crippen MR) is 114 cm³/mol. The highest BCUT2D eigenvalue weighted by molar-refractivity contribution is 7.99. The number of aromatic nitrogens is 2. The maximum Gasteiger partial charge on any atom is 0.262 e. The van der Waals surface area contributed by atoms with Gasteiger partial charge in [-0.2, -0.15) is 0 Å². The molecular weight excluding hydrogens is 387 g/mol. The van der Waals surface area contributed by atoms with Crippen LogP contribution in [0, 0.1) is 5.82 Å². The SMILES string of the molecule is O=c1c2ccccc2nc(SCCOc2ccccc2F)n1Cc1ccccc1. The zero-order chi connectivity index (χ0) is 20.1. The molecule has 4 nitrogen and oxygen atoms in total. The molecule has 0 aliphatic rings. The number of benzene rings is 3. The highest BCUT2D eigenvalue weighted by atomic mass is 32.2. The van der Waals surface area contributed by atoms with Crippen LogP contribution in [0.4, 0.5) is 4.39 Å². The fourth-order valence-electron chi connectivity index (χ4n) is 3.01. The molecule has 0 aliphatic carbocycles. The Kier molecular flexibility index (Phi) is 5.91. The van der Waals surface area contributed by atoms with Crippen molar-refractivity contribution in [2.75, 3.05) is 12.4 Å². The van der Waals surface area contributed by atoms with Gasteiger partial charge in [-0.05, 0) is 29.8 Å². The average molecular weight is 406 g/mol. The molecule has 1 aromatic heterocycles. The molecule has 0 unspecified atom stereocenters.